The van der Waals surface area contributed by atoms with Crippen molar-refractivity contribution in [1.82, 2.24) is 4.98 Å². The van der Waals surface area contributed by atoms with Gasteiger partial charge in [-0.2, -0.15) is 8.78 Å². The Morgan fingerprint density at radius 2 is 2.14 bits per heavy atom. The smallest absolute Gasteiger partial charge is 0.387 e. The monoisotopic (exact) mass is 201 g/mol. The Morgan fingerprint density at radius 1 is 1.50 bits per heavy atom. The van der Waals surface area contributed by atoms with Gasteiger partial charge in [0.25, 0.3) is 0 Å². The molecule has 14 heavy (non-hydrogen) atoms. The van der Waals surface area contributed by atoms with Crippen LogP contribution in [0.25, 0.3) is 0 Å². The van der Waals surface area contributed by atoms with Crippen LogP contribution in [0.1, 0.15) is 23.1 Å². The topological polar surface area (TPSA) is 39.2 Å². The van der Waals surface area contributed by atoms with Gasteiger partial charge in [-0.25, -0.2) is 4.98 Å². The van der Waals surface area contributed by atoms with Crippen molar-refractivity contribution in [3.63, 3.8) is 0 Å². The first kappa shape index (κ1) is 10.6. The van der Waals surface area contributed by atoms with Crippen LogP contribution in [-0.2, 0) is 0 Å². The van der Waals surface area contributed by atoms with E-state index in [4.69, 9.17) is 0 Å². The van der Waals surface area contributed by atoms with Gasteiger partial charge in [0.15, 0.2) is 5.78 Å². The SMILES string of the molecule is CC(=O)c1ccc(OC(F)F)c(C)n1. The molecule has 0 aliphatic carbocycles. The van der Waals surface area contributed by atoms with Gasteiger partial charge in [-0.05, 0) is 19.1 Å². The van der Waals surface area contributed by atoms with E-state index in [1.165, 1.54) is 26.0 Å². The maximum Gasteiger partial charge on any atom is 0.387 e. The molecule has 5 heteroatoms. The minimum atomic E-state index is -2.88. The second-order valence-electron chi connectivity index (χ2n) is 2.71. The molecule has 0 N–H and O–H groups in total. The van der Waals surface area contributed by atoms with Gasteiger partial charge in [-0.1, -0.05) is 0 Å². The fraction of sp³-hybridized carbons (Fsp3) is 0.333. The molecule has 0 aliphatic rings. The number of halogens is 2. The van der Waals surface area contributed by atoms with E-state index in [0.717, 1.165) is 0 Å². The van der Waals surface area contributed by atoms with Crippen LogP contribution in [0, 0.1) is 6.92 Å². The summed E-state index contributed by atoms with van der Waals surface area (Å²) in [6.45, 7) is -0.0155. The lowest BCUT2D eigenvalue weighted by Gasteiger charge is -2.07. The molecule has 1 rings (SSSR count). The zero-order valence-corrected chi connectivity index (χ0v) is 7.75. The molecule has 0 unspecified atom stereocenters. The number of carbonyl (C=O) groups excluding carboxylic acids is 1. The Kier molecular flexibility index (Phi) is 3.11. The van der Waals surface area contributed by atoms with Crippen molar-refractivity contribution in [2.75, 3.05) is 0 Å². The predicted molar refractivity (Wildman–Crippen MR) is 45.6 cm³/mol. The summed E-state index contributed by atoms with van der Waals surface area (Å²) >= 11 is 0. The molecule has 1 aromatic heterocycles. The zero-order valence-electron chi connectivity index (χ0n) is 7.75. The number of rotatable bonds is 3. The molecule has 0 saturated carbocycles. The lowest BCUT2D eigenvalue weighted by Crippen LogP contribution is -2.06. The lowest BCUT2D eigenvalue weighted by molar-refractivity contribution is -0.0505. The molecular weight excluding hydrogens is 192 g/mol. The fourth-order valence-corrected chi connectivity index (χ4v) is 0.965. The van der Waals surface area contributed by atoms with Crippen molar-refractivity contribution in [3.8, 4) is 5.75 Å². The number of aryl methyl sites for hydroxylation is 1. The van der Waals surface area contributed by atoms with Crippen LogP contribution in [0.5, 0.6) is 5.75 Å². The van der Waals surface area contributed by atoms with Gasteiger partial charge >= 0.3 is 6.61 Å². The summed E-state index contributed by atoms with van der Waals surface area (Å²) in [6, 6.07) is 2.66. The first-order chi connectivity index (χ1) is 6.50. The summed E-state index contributed by atoms with van der Waals surface area (Å²) in [5.41, 5.74) is 0.516. The Bertz CT molecular complexity index is 353. The molecule has 0 aromatic carbocycles. The molecule has 0 spiro atoms. The summed E-state index contributed by atoms with van der Waals surface area (Å²) in [5.74, 6) is -0.221. The highest BCUT2D eigenvalue weighted by molar-refractivity contribution is 5.92. The first-order valence-corrected chi connectivity index (χ1v) is 3.94. The number of hydrogen-bond donors (Lipinski definition) is 0. The Hall–Kier alpha value is -1.52. The van der Waals surface area contributed by atoms with E-state index in [1.54, 1.807) is 0 Å². The van der Waals surface area contributed by atoms with E-state index >= 15 is 0 Å². The summed E-state index contributed by atoms with van der Waals surface area (Å²) in [6.07, 6.45) is 0. The van der Waals surface area contributed by atoms with Gasteiger partial charge in [0, 0.05) is 6.92 Å². The van der Waals surface area contributed by atoms with E-state index in [0.29, 0.717) is 0 Å². The van der Waals surface area contributed by atoms with Crippen LogP contribution < -0.4 is 4.74 Å². The molecular formula is C9H9F2NO2. The number of aromatic nitrogens is 1. The van der Waals surface area contributed by atoms with Crippen LogP contribution in [0.3, 0.4) is 0 Å². The third-order valence-corrected chi connectivity index (χ3v) is 1.61. The Morgan fingerprint density at radius 3 is 2.57 bits per heavy atom. The van der Waals surface area contributed by atoms with Crippen LogP contribution in [0.2, 0.25) is 0 Å². The number of pyridine rings is 1. The summed E-state index contributed by atoms with van der Waals surface area (Å²) in [5, 5.41) is 0. The van der Waals surface area contributed by atoms with Crippen LogP contribution in [0.15, 0.2) is 12.1 Å². The number of hydrogen-bond acceptors (Lipinski definition) is 3. The van der Waals surface area contributed by atoms with E-state index < -0.39 is 6.61 Å². The van der Waals surface area contributed by atoms with Gasteiger partial charge in [-0.3, -0.25) is 4.79 Å². The molecule has 0 radical (unpaired) electrons. The minimum absolute atomic E-state index is 0.00926. The third-order valence-electron chi connectivity index (χ3n) is 1.61. The van der Waals surface area contributed by atoms with Crippen LogP contribution in [-0.4, -0.2) is 17.4 Å². The Balaban J connectivity index is 2.95. The van der Waals surface area contributed by atoms with E-state index in [1.807, 2.05) is 0 Å². The van der Waals surface area contributed by atoms with E-state index in [-0.39, 0.29) is 22.9 Å². The standard InChI is InChI=1S/C9H9F2NO2/c1-5-8(14-9(10)11)4-3-7(12-5)6(2)13/h3-4,9H,1-2H3. The second-order valence-corrected chi connectivity index (χ2v) is 2.71. The number of ether oxygens (including phenoxy) is 1. The third kappa shape index (κ3) is 2.48. The fourth-order valence-electron chi connectivity index (χ4n) is 0.965. The molecule has 76 valence electrons. The first-order valence-electron chi connectivity index (χ1n) is 3.94. The average molecular weight is 201 g/mol. The highest BCUT2D eigenvalue weighted by atomic mass is 19.3. The number of nitrogens with zero attached hydrogens (tertiary/aromatic N) is 1. The second kappa shape index (κ2) is 4.13. The van der Waals surface area contributed by atoms with Crippen molar-refractivity contribution in [3.05, 3.63) is 23.5 Å². The van der Waals surface area contributed by atoms with Crippen molar-refractivity contribution in [2.45, 2.75) is 20.5 Å². The highest BCUT2D eigenvalue weighted by Gasteiger charge is 2.09. The van der Waals surface area contributed by atoms with Crippen molar-refractivity contribution in [2.24, 2.45) is 0 Å². The number of Topliss-reactive ketones (excluding diaryl/α,β-unsaturated/α-hetero) is 1. The van der Waals surface area contributed by atoms with Crippen molar-refractivity contribution < 1.29 is 18.3 Å². The largest absolute Gasteiger partial charge is 0.433 e. The van der Waals surface area contributed by atoms with E-state index in [9.17, 15) is 13.6 Å². The molecule has 0 amide bonds. The number of alkyl halides is 2. The maximum atomic E-state index is 11.8. The van der Waals surface area contributed by atoms with Gasteiger partial charge < -0.3 is 4.74 Å². The molecule has 1 aromatic rings. The molecule has 0 bridgehead atoms. The normalized spacial score (nSPS) is 10.4. The summed E-state index contributed by atoms with van der Waals surface area (Å²) in [4.78, 5) is 14.7. The molecule has 0 aliphatic heterocycles. The zero-order chi connectivity index (χ0) is 10.7. The molecule has 0 fully saturated rings. The summed E-state index contributed by atoms with van der Waals surface area (Å²) in [7, 11) is 0. The quantitative estimate of drug-likeness (QED) is 0.703. The summed E-state index contributed by atoms with van der Waals surface area (Å²) < 4.78 is 27.9. The van der Waals surface area contributed by atoms with Gasteiger partial charge in [-0.15, -0.1) is 0 Å². The minimum Gasteiger partial charge on any atom is -0.433 e. The average Bonchev–Trinajstić information content (AvgIpc) is 2.07. The van der Waals surface area contributed by atoms with Crippen molar-refractivity contribution >= 4 is 5.78 Å². The Labute approximate surface area is 79.7 Å². The van der Waals surface area contributed by atoms with E-state index in [2.05, 4.69) is 9.72 Å². The molecule has 0 atom stereocenters. The van der Waals surface area contributed by atoms with Gasteiger partial charge in [0.1, 0.15) is 11.4 Å². The van der Waals surface area contributed by atoms with Crippen LogP contribution in [0.4, 0.5) is 8.78 Å². The van der Waals surface area contributed by atoms with Gasteiger partial charge in [0.05, 0.1) is 5.69 Å². The lowest BCUT2D eigenvalue weighted by atomic mass is 10.2. The van der Waals surface area contributed by atoms with Gasteiger partial charge in [0.2, 0.25) is 0 Å². The highest BCUT2D eigenvalue weighted by Crippen LogP contribution is 2.18. The van der Waals surface area contributed by atoms with Crippen molar-refractivity contribution in [1.29, 1.82) is 0 Å². The number of ketones is 1. The predicted octanol–water partition coefficient (Wildman–Crippen LogP) is 2.19. The van der Waals surface area contributed by atoms with Crippen LogP contribution >= 0.6 is 0 Å². The molecule has 0 saturated heterocycles. The number of carbonyl (C=O) groups is 1. The maximum absolute atomic E-state index is 11.8. The molecule has 1 heterocycles. The molecule has 3 nitrogen and oxygen atoms in total.